The maximum absolute atomic E-state index is 13.4. The van der Waals surface area contributed by atoms with Crippen LogP contribution in [0.15, 0.2) is 78.7 Å². The minimum atomic E-state index is -4.25. The van der Waals surface area contributed by atoms with Gasteiger partial charge in [0.1, 0.15) is 0 Å². The molecule has 0 aliphatic heterocycles. The van der Waals surface area contributed by atoms with Gasteiger partial charge in [-0.25, -0.2) is 0 Å². The number of fused-ring (bicyclic) bond motifs is 2. The number of carbonyl (C=O) groups is 1. The van der Waals surface area contributed by atoms with Crippen molar-refractivity contribution in [1.82, 2.24) is 4.98 Å². The summed E-state index contributed by atoms with van der Waals surface area (Å²) in [6, 6.07) is 23.7. The Bertz CT molecular complexity index is 2050. The molecular formula is C46H55F3IrNO2S-. The topological polar surface area (TPSA) is 50.2 Å². The zero-order valence-corrected chi connectivity index (χ0v) is 36.5. The van der Waals surface area contributed by atoms with Crippen molar-refractivity contribution in [1.29, 1.82) is 0 Å². The zero-order chi connectivity index (χ0) is 39.3. The molecule has 5 aromatic rings. The molecule has 8 heteroatoms. The van der Waals surface area contributed by atoms with Crippen molar-refractivity contribution in [2.24, 2.45) is 17.3 Å². The van der Waals surface area contributed by atoms with Crippen LogP contribution in [0.2, 0.25) is 0 Å². The Balaban J connectivity index is 0.000000418. The van der Waals surface area contributed by atoms with Gasteiger partial charge < -0.3 is 5.11 Å². The van der Waals surface area contributed by atoms with E-state index in [1.54, 1.807) is 11.3 Å². The molecule has 5 rings (SSSR count). The number of rotatable bonds is 11. The van der Waals surface area contributed by atoms with E-state index in [2.05, 4.69) is 58.0 Å². The zero-order valence-electron chi connectivity index (χ0n) is 33.3. The normalized spacial score (nSPS) is 12.6. The predicted molar refractivity (Wildman–Crippen MR) is 218 cm³/mol. The molecule has 0 unspecified atom stereocenters. The third-order valence-corrected chi connectivity index (χ3v) is 11.8. The van der Waals surface area contributed by atoms with E-state index in [-0.39, 0.29) is 55.3 Å². The summed E-state index contributed by atoms with van der Waals surface area (Å²) < 4.78 is 41.2. The Morgan fingerprint density at radius 3 is 2.02 bits per heavy atom. The minimum absolute atomic E-state index is 0. The number of benzene rings is 3. The largest absolute Gasteiger partial charge is 0.512 e. The van der Waals surface area contributed by atoms with Crippen LogP contribution in [-0.4, -0.2) is 22.1 Å². The van der Waals surface area contributed by atoms with E-state index in [9.17, 15) is 23.1 Å². The van der Waals surface area contributed by atoms with Gasteiger partial charge in [0.15, 0.2) is 5.78 Å². The van der Waals surface area contributed by atoms with Gasteiger partial charge in [0.25, 0.3) is 0 Å². The second-order valence-electron chi connectivity index (χ2n) is 15.7. The number of aliphatic hydroxyl groups excluding tert-OH is 1. The van der Waals surface area contributed by atoms with Crippen LogP contribution in [-0.2, 0) is 36.7 Å². The number of thiophene rings is 1. The van der Waals surface area contributed by atoms with Gasteiger partial charge in [-0.15, -0.1) is 40.5 Å². The fourth-order valence-electron chi connectivity index (χ4n) is 6.76. The van der Waals surface area contributed by atoms with Gasteiger partial charge in [-0.05, 0) is 72.6 Å². The number of nitrogens with zero attached hydrogens (tertiary/aromatic N) is 1. The van der Waals surface area contributed by atoms with Crippen molar-refractivity contribution in [3.8, 4) is 21.7 Å². The molecule has 1 N–H and O–H groups in total. The Labute approximate surface area is 337 Å². The first-order valence-electron chi connectivity index (χ1n) is 18.8. The predicted octanol–water partition coefficient (Wildman–Crippen LogP) is 14.2. The maximum atomic E-state index is 13.4. The number of ketones is 1. The van der Waals surface area contributed by atoms with Crippen molar-refractivity contribution < 1.29 is 43.2 Å². The van der Waals surface area contributed by atoms with E-state index in [1.165, 1.54) is 30.9 Å². The molecule has 0 amide bonds. The average Bonchev–Trinajstić information content (AvgIpc) is 3.44. The van der Waals surface area contributed by atoms with E-state index >= 15 is 0 Å². The smallest absolute Gasteiger partial charge is 0.394 e. The number of alkyl halides is 3. The number of hydrogen-bond acceptors (Lipinski definition) is 4. The van der Waals surface area contributed by atoms with Gasteiger partial charge in [-0.1, -0.05) is 116 Å². The number of aryl methyl sites for hydroxylation is 1. The van der Waals surface area contributed by atoms with Gasteiger partial charge in [-0.3, -0.25) is 9.78 Å². The average molecular weight is 935 g/mol. The molecule has 2 aromatic heterocycles. The van der Waals surface area contributed by atoms with Crippen LogP contribution in [0.25, 0.3) is 42.6 Å². The number of pyridine rings is 1. The van der Waals surface area contributed by atoms with Crippen LogP contribution in [0.4, 0.5) is 13.2 Å². The summed E-state index contributed by atoms with van der Waals surface area (Å²) in [6.07, 6.45) is 2.46. The van der Waals surface area contributed by atoms with Crippen LogP contribution in [0.3, 0.4) is 0 Å². The number of hydrogen-bond donors (Lipinski definition) is 1. The van der Waals surface area contributed by atoms with E-state index in [0.29, 0.717) is 5.56 Å². The van der Waals surface area contributed by atoms with Crippen molar-refractivity contribution in [2.75, 3.05) is 0 Å². The molecular weight excluding hydrogens is 880 g/mol. The van der Waals surface area contributed by atoms with Crippen LogP contribution in [0, 0.1) is 30.2 Å². The summed E-state index contributed by atoms with van der Waals surface area (Å²) in [5.74, 6) is 0.547. The van der Waals surface area contributed by atoms with Crippen LogP contribution in [0.1, 0.15) is 105 Å². The molecule has 54 heavy (non-hydrogen) atoms. The molecule has 293 valence electrons. The quantitative estimate of drug-likeness (QED) is 0.0816. The van der Waals surface area contributed by atoms with Crippen molar-refractivity contribution in [3.63, 3.8) is 0 Å². The molecule has 0 atom stereocenters. The fraction of sp³-hybridized carbons (Fsp3) is 0.435. The Hall–Kier alpha value is -3.32. The van der Waals surface area contributed by atoms with Gasteiger partial charge in [-0.2, -0.15) is 13.2 Å². The first-order chi connectivity index (χ1) is 24.9. The van der Waals surface area contributed by atoms with Gasteiger partial charge in [0.2, 0.25) is 0 Å². The Morgan fingerprint density at radius 2 is 1.46 bits per heavy atom. The molecule has 3 aromatic carbocycles. The summed E-state index contributed by atoms with van der Waals surface area (Å²) in [5, 5.41) is 13.2. The Kier molecular flexibility index (Phi) is 15.5. The molecule has 0 saturated heterocycles. The molecule has 0 fully saturated rings. The summed E-state index contributed by atoms with van der Waals surface area (Å²) in [4.78, 5) is 17.6. The summed E-state index contributed by atoms with van der Waals surface area (Å²) in [6.45, 7) is 19.3. The van der Waals surface area contributed by atoms with Crippen molar-refractivity contribution in [2.45, 2.75) is 113 Å². The summed E-state index contributed by atoms with van der Waals surface area (Å²) in [5.41, 5.74) is 4.14. The summed E-state index contributed by atoms with van der Waals surface area (Å²) in [7, 11) is 0. The SMILES string of the molecule is CCC(CC)C(=O)/C=C(\O)C(CC)CC.Cc1c(-c2ccc(CC(C)(C)C(F)(F)F)cc2)sc2c(-c3[c-]c4ccccc4c(C(C)(C)C)c3)nccc12.[Ir]. The number of aliphatic hydroxyl groups is 1. The van der Waals surface area contributed by atoms with Gasteiger partial charge in [0, 0.05) is 59.5 Å². The monoisotopic (exact) mass is 935 g/mol. The molecule has 0 bridgehead atoms. The second-order valence-corrected chi connectivity index (χ2v) is 16.8. The van der Waals surface area contributed by atoms with E-state index in [4.69, 9.17) is 4.98 Å². The fourth-order valence-corrected chi connectivity index (χ4v) is 8.07. The number of carbonyl (C=O) groups excluding carboxylic acids is 1. The first-order valence-corrected chi connectivity index (χ1v) is 19.6. The van der Waals surface area contributed by atoms with Crippen LogP contribution < -0.4 is 0 Å². The van der Waals surface area contributed by atoms with Crippen LogP contribution in [0.5, 0.6) is 0 Å². The van der Waals surface area contributed by atoms with Gasteiger partial charge in [0.05, 0.1) is 11.2 Å². The number of aromatic nitrogens is 1. The maximum Gasteiger partial charge on any atom is 0.394 e. The van der Waals surface area contributed by atoms with Gasteiger partial charge >= 0.3 is 6.18 Å². The third kappa shape index (κ3) is 10.3. The van der Waals surface area contributed by atoms with E-state index < -0.39 is 11.6 Å². The molecule has 2 heterocycles. The molecule has 0 saturated carbocycles. The Morgan fingerprint density at radius 1 is 0.870 bits per heavy atom. The number of halogens is 3. The minimum Gasteiger partial charge on any atom is -0.512 e. The summed E-state index contributed by atoms with van der Waals surface area (Å²) >= 11 is 1.68. The first kappa shape index (κ1) is 45.1. The molecule has 0 aliphatic rings. The second kappa shape index (κ2) is 18.5. The number of allylic oxidation sites excluding steroid dienone is 2. The molecule has 1 radical (unpaired) electrons. The van der Waals surface area contributed by atoms with Crippen molar-refractivity contribution in [3.05, 3.63) is 101 Å². The standard InChI is InChI=1S/C33H31F3NS.C13H24O2.Ir/c1-20-25-15-16-37-28(24-17-23-9-7-8-10-26(23)27(18-24)31(2,3)4)30(25)38-29(20)22-13-11-21(12-14-22)19-32(5,6)33(34,35)36;1-5-10(6-2)12(14)9-13(15)11(7-3)8-4;/h7-16,18H,19H2,1-6H3;9-11,14H,5-8H2,1-4H3;/q-1;;/b;12-9-;. The van der Waals surface area contributed by atoms with Crippen molar-refractivity contribution >= 4 is 38.0 Å². The van der Waals surface area contributed by atoms with Crippen LogP contribution >= 0.6 is 11.3 Å². The van der Waals surface area contributed by atoms with E-state index in [1.807, 2.05) is 70.3 Å². The molecule has 0 spiro atoms. The third-order valence-electron chi connectivity index (χ3n) is 10.4. The molecule has 0 aliphatic carbocycles. The molecule has 3 nitrogen and oxygen atoms in total. The van der Waals surface area contributed by atoms with E-state index in [0.717, 1.165) is 68.4 Å².